The van der Waals surface area contributed by atoms with E-state index in [9.17, 15) is 8.42 Å². The summed E-state index contributed by atoms with van der Waals surface area (Å²) in [6.45, 7) is 3.33. The molecule has 0 N–H and O–H groups in total. The molecule has 0 saturated carbocycles. The van der Waals surface area contributed by atoms with Crippen LogP contribution in [0.25, 0.3) is 5.57 Å². The van der Waals surface area contributed by atoms with Gasteiger partial charge in [0.1, 0.15) is 12.4 Å². The van der Waals surface area contributed by atoms with Gasteiger partial charge in [-0.15, -0.1) is 0 Å². The molecule has 7 heteroatoms. The van der Waals surface area contributed by atoms with Crippen LogP contribution >= 0.6 is 11.6 Å². The van der Waals surface area contributed by atoms with E-state index >= 15 is 0 Å². The summed E-state index contributed by atoms with van der Waals surface area (Å²) in [6.07, 6.45) is 10.6. The Morgan fingerprint density at radius 3 is 2.63 bits per heavy atom. The quantitative estimate of drug-likeness (QED) is 0.742. The maximum atomic E-state index is 11.5. The number of piperidine rings is 1. The standard InChI is InChI=1S/C20H27ClN2O3S/c21-18-12-17(13-22-19(18)16-4-2-1-3-5-16)26-11-10-23-8-6-20(7-9-23)14-27(24,25)15-20/h4,12-13H,1-3,5-11,14-15H2. The Hall–Kier alpha value is -1.11. The predicted molar refractivity (Wildman–Crippen MR) is 108 cm³/mol. The van der Waals surface area contributed by atoms with Crippen molar-refractivity contribution in [3.05, 3.63) is 29.1 Å². The highest BCUT2D eigenvalue weighted by atomic mass is 35.5. The van der Waals surface area contributed by atoms with E-state index in [1.165, 1.54) is 18.4 Å². The molecular weight excluding hydrogens is 384 g/mol. The normalized spacial score (nSPS) is 24.3. The number of halogens is 1. The molecular formula is C20H27ClN2O3S. The fourth-order valence-electron chi connectivity index (χ4n) is 4.51. The summed E-state index contributed by atoms with van der Waals surface area (Å²) in [5.41, 5.74) is 2.20. The maximum absolute atomic E-state index is 11.5. The van der Waals surface area contributed by atoms with Crippen LogP contribution in [0.4, 0.5) is 0 Å². The lowest BCUT2D eigenvalue weighted by Gasteiger charge is -2.47. The van der Waals surface area contributed by atoms with Gasteiger partial charge in [0.05, 0.1) is 28.4 Å². The number of sulfone groups is 1. The second-order valence-electron chi connectivity index (χ2n) is 8.20. The number of nitrogens with zero attached hydrogens (tertiary/aromatic N) is 2. The van der Waals surface area contributed by atoms with Gasteiger partial charge in [0, 0.05) is 18.0 Å². The zero-order chi connectivity index (χ0) is 18.9. The topological polar surface area (TPSA) is 59.5 Å². The molecule has 27 heavy (non-hydrogen) atoms. The van der Waals surface area contributed by atoms with Crippen LogP contribution in [0.5, 0.6) is 5.75 Å². The monoisotopic (exact) mass is 410 g/mol. The van der Waals surface area contributed by atoms with Crippen molar-refractivity contribution in [1.82, 2.24) is 9.88 Å². The molecule has 148 valence electrons. The highest BCUT2D eigenvalue weighted by molar-refractivity contribution is 7.92. The zero-order valence-electron chi connectivity index (χ0n) is 15.6. The number of likely N-dealkylation sites (tertiary alicyclic amines) is 1. The van der Waals surface area contributed by atoms with Gasteiger partial charge in [0.15, 0.2) is 9.84 Å². The predicted octanol–water partition coefficient (Wildman–Crippen LogP) is 3.58. The summed E-state index contributed by atoms with van der Waals surface area (Å²) in [4.78, 5) is 6.88. The third kappa shape index (κ3) is 4.49. The molecule has 2 saturated heterocycles. The summed E-state index contributed by atoms with van der Waals surface area (Å²) in [5, 5.41) is 0.659. The molecule has 2 aliphatic heterocycles. The lowest BCUT2D eigenvalue weighted by atomic mass is 9.81. The minimum absolute atomic E-state index is 0.0667. The van der Waals surface area contributed by atoms with Crippen molar-refractivity contribution in [2.45, 2.75) is 38.5 Å². The fraction of sp³-hybridized carbons (Fsp3) is 0.650. The van der Waals surface area contributed by atoms with Crippen LogP contribution in [-0.4, -0.2) is 56.0 Å². The van der Waals surface area contributed by atoms with E-state index in [-0.39, 0.29) is 5.41 Å². The van der Waals surface area contributed by atoms with Gasteiger partial charge < -0.3 is 4.74 Å². The fourth-order valence-corrected chi connectivity index (χ4v) is 7.15. The summed E-state index contributed by atoms with van der Waals surface area (Å²) >= 11 is 6.42. The van der Waals surface area contributed by atoms with Crippen molar-refractivity contribution in [2.24, 2.45) is 5.41 Å². The SMILES string of the molecule is O=S1(=O)CC2(CCN(CCOc3cnc(C4=CCCCC4)c(Cl)c3)CC2)C1. The Labute approximate surface area is 166 Å². The number of rotatable bonds is 5. The number of allylic oxidation sites excluding steroid dienone is 2. The Bertz CT molecular complexity index is 816. The Balaban J connectivity index is 1.24. The summed E-state index contributed by atoms with van der Waals surface area (Å²) < 4.78 is 28.8. The van der Waals surface area contributed by atoms with Gasteiger partial charge >= 0.3 is 0 Å². The second kappa shape index (κ2) is 7.72. The van der Waals surface area contributed by atoms with Gasteiger partial charge in [-0.3, -0.25) is 9.88 Å². The molecule has 0 bridgehead atoms. The van der Waals surface area contributed by atoms with Crippen molar-refractivity contribution in [3.8, 4) is 5.75 Å². The molecule has 3 heterocycles. The number of hydrogen-bond acceptors (Lipinski definition) is 5. The third-order valence-corrected chi connectivity index (χ3v) is 8.45. The number of pyridine rings is 1. The van der Waals surface area contributed by atoms with Gasteiger partial charge in [-0.05, 0) is 57.2 Å². The molecule has 0 unspecified atom stereocenters. The summed E-state index contributed by atoms with van der Waals surface area (Å²) in [7, 11) is -2.74. The van der Waals surface area contributed by atoms with Crippen LogP contribution in [0.1, 0.15) is 44.2 Å². The first-order chi connectivity index (χ1) is 12.9. The molecule has 1 aromatic rings. The maximum Gasteiger partial charge on any atom is 0.151 e. The van der Waals surface area contributed by atoms with Gasteiger partial charge in [-0.2, -0.15) is 0 Å². The highest BCUT2D eigenvalue weighted by Gasteiger charge is 2.49. The first-order valence-corrected chi connectivity index (χ1v) is 12.1. The van der Waals surface area contributed by atoms with Crippen LogP contribution < -0.4 is 4.74 Å². The Morgan fingerprint density at radius 2 is 2.00 bits per heavy atom. The molecule has 5 nitrogen and oxygen atoms in total. The first kappa shape index (κ1) is 19.2. The van der Waals surface area contributed by atoms with Crippen molar-refractivity contribution in [2.75, 3.05) is 37.7 Å². The smallest absolute Gasteiger partial charge is 0.151 e. The van der Waals surface area contributed by atoms with Crippen LogP contribution in [0.2, 0.25) is 5.02 Å². The lowest BCUT2D eigenvalue weighted by molar-refractivity contribution is 0.110. The van der Waals surface area contributed by atoms with Gasteiger partial charge in [-0.1, -0.05) is 17.7 Å². The lowest BCUT2D eigenvalue weighted by Crippen LogP contribution is -2.54. The highest BCUT2D eigenvalue weighted by Crippen LogP contribution is 2.42. The van der Waals surface area contributed by atoms with Crippen molar-refractivity contribution in [1.29, 1.82) is 0 Å². The Morgan fingerprint density at radius 1 is 1.22 bits per heavy atom. The molecule has 3 aliphatic rings. The van der Waals surface area contributed by atoms with Crippen LogP contribution in [-0.2, 0) is 9.84 Å². The molecule has 0 atom stereocenters. The summed E-state index contributed by atoms with van der Waals surface area (Å²) in [6, 6.07) is 1.86. The van der Waals surface area contributed by atoms with Crippen LogP contribution in [0.15, 0.2) is 18.3 Å². The van der Waals surface area contributed by atoms with Crippen molar-refractivity contribution >= 4 is 27.0 Å². The van der Waals surface area contributed by atoms with E-state index < -0.39 is 9.84 Å². The molecule has 4 rings (SSSR count). The van der Waals surface area contributed by atoms with E-state index in [0.29, 0.717) is 28.9 Å². The number of aromatic nitrogens is 1. The average molecular weight is 411 g/mol. The molecule has 0 aromatic carbocycles. The molecule has 1 aromatic heterocycles. The van der Waals surface area contributed by atoms with Gasteiger partial charge in [-0.25, -0.2) is 8.42 Å². The molecule has 1 aliphatic carbocycles. The Kier molecular flexibility index (Phi) is 5.50. The van der Waals surface area contributed by atoms with E-state index in [2.05, 4.69) is 16.0 Å². The largest absolute Gasteiger partial charge is 0.491 e. The van der Waals surface area contributed by atoms with Crippen molar-refractivity contribution in [3.63, 3.8) is 0 Å². The molecule has 0 radical (unpaired) electrons. The number of ether oxygens (including phenoxy) is 1. The molecule has 2 fully saturated rings. The minimum atomic E-state index is -2.74. The van der Waals surface area contributed by atoms with Crippen LogP contribution in [0.3, 0.4) is 0 Å². The van der Waals surface area contributed by atoms with E-state index in [0.717, 1.165) is 51.0 Å². The van der Waals surface area contributed by atoms with Crippen LogP contribution in [0, 0.1) is 5.41 Å². The molecule has 1 spiro atoms. The van der Waals surface area contributed by atoms with Gasteiger partial charge in [0.2, 0.25) is 0 Å². The van der Waals surface area contributed by atoms with E-state index in [1.807, 2.05) is 6.07 Å². The second-order valence-corrected chi connectivity index (χ2v) is 10.7. The average Bonchev–Trinajstić information content (AvgIpc) is 2.63. The van der Waals surface area contributed by atoms with E-state index in [1.54, 1.807) is 6.20 Å². The first-order valence-electron chi connectivity index (χ1n) is 9.85. The third-order valence-electron chi connectivity index (χ3n) is 6.06. The molecule has 0 amide bonds. The number of hydrogen-bond donors (Lipinski definition) is 0. The van der Waals surface area contributed by atoms with Crippen molar-refractivity contribution < 1.29 is 13.2 Å². The summed E-state index contributed by atoms with van der Waals surface area (Å²) in [5.74, 6) is 1.48. The van der Waals surface area contributed by atoms with E-state index in [4.69, 9.17) is 16.3 Å². The zero-order valence-corrected chi connectivity index (χ0v) is 17.2. The van der Waals surface area contributed by atoms with Gasteiger partial charge in [0.25, 0.3) is 0 Å². The minimum Gasteiger partial charge on any atom is -0.491 e.